The van der Waals surface area contributed by atoms with Crippen molar-refractivity contribution in [3.63, 3.8) is 0 Å². The summed E-state index contributed by atoms with van der Waals surface area (Å²) in [6, 6.07) is 10.7. The molecule has 388 valence electrons. The number of benzene rings is 3. The van der Waals surface area contributed by atoms with E-state index in [9.17, 15) is 44.0 Å². The molecule has 3 aromatic heterocycles. The quantitative estimate of drug-likeness (QED) is 0.136. The van der Waals surface area contributed by atoms with Gasteiger partial charge < -0.3 is 34.9 Å². The van der Waals surface area contributed by atoms with Gasteiger partial charge in [-0.1, -0.05) is 55.7 Å². The molecule has 0 fully saturated rings. The van der Waals surface area contributed by atoms with Gasteiger partial charge in [-0.2, -0.15) is 18.2 Å². The van der Waals surface area contributed by atoms with Crippen LogP contribution in [-0.2, 0) is 54.2 Å². The summed E-state index contributed by atoms with van der Waals surface area (Å²) in [7, 11) is -8.27. The van der Waals surface area contributed by atoms with Gasteiger partial charge in [0.25, 0.3) is 11.8 Å². The lowest BCUT2D eigenvalue weighted by molar-refractivity contribution is -0.128. The summed E-state index contributed by atoms with van der Waals surface area (Å²) in [5.74, 6) is -5.58. The normalized spacial score (nSPS) is 17.4. The van der Waals surface area contributed by atoms with Crippen LogP contribution in [0.1, 0.15) is 57.5 Å². The molecule has 0 saturated heterocycles. The number of aromatic nitrogens is 5. The number of carbonyl (C=O) groups is 2. The van der Waals surface area contributed by atoms with Crippen molar-refractivity contribution in [3.05, 3.63) is 106 Å². The standard InChI is InChI=1S/C24H28FN5O5S.C20H15ClF4N4O4S.2ClH/c1-13(2)34-20-7-6-14(10-27-20)11-30-18-8-15(21-28-29-23(35-21)24(3,4)5)16(25)9-19(18)36(32,33)12-17(26)22(30)31;21-11-3-1-10(2-4-11)8-29-15-5-12(18-27-17(28-33-18)7-20(23,24)25)13(22)6-16(15)34(31,32)9-14(26)19(29)30;;/h6-10,13,17H,11-12,26H2,1-5H3;1-6,14H,7-9,26H2;2*1H/t17-;14-;;/m00../s1. The average molecular weight is 1110 g/mol. The van der Waals surface area contributed by atoms with E-state index >= 15 is 4.39 Å². The van der Waals surface area contributed by atoms with E-state index in [0.29, 0.717) is 28.1 Å². The number of hydrogen-bond donors (Lipinski definition) is 2. The van der Waals surface area contributed by atoms with Gasteiger partial charge in [-0.05, 0) is 61.4 Å². The van der Waals surface area contributed by atoms with Crippen molar-refractivity contribution in [3.8, 4) is 28.8 Å². The van der Waals surface area contributed by atoms with Crippen LogP contribution < -0.4 is 26.0 Å². The molecule has 2 amide bonds. The largest absolute Gasteiger partial charge is 0.475 e. The van der Waals surface area contributed by atoms with Crippen molar-refractivity contribution in [1.82, 2.24) is 25.3 Å². The number of amides is 2. The van der Waals surface area contributed by atoms with Gasteiger partial charge in [-0.15, -0.1) is 35.0 Å². The molecule has 0 unspecified atom stereocenters. The molecule has 0 radical (unpaired) electrons. The monoisotopic (exact) mass is 1110 g/mol. The second-order valence-corrected chi connectivity index (χ2v) is 21.9. The van der Waals surface area contributed by atoms with Crippen molar-refractivity contribution in [2.24, 2.45) is 11.5 Å². The summed E-state index contributed by atoms with van der Waals surface area (Å²) in [6.07, 6.45) is -4.68. The Balaban J connectivity index is 0.000000261. The number of nitrogens with two attached hydrogens (primary N) is 2. The highest BCUT2D eigenvalue weighted by atomic mass is 35.5. The highest BCUT2D eigenvalue weighted by molar-refractivity contribution is 7.92. The molecule has 28 heteroatoms. The van der Waals surface area contributed by atoms with E-state index in [1.807, 2.05) is 34.6 Å². The van der Waals surface area contributed by atoms with Crippen LogP contribution in [0.4, 0.5) is 33.3 Å². The van der Waals surface area contributed by atoms with Crippen molar-refractivity contribution in [2.75, 3.05) is 21.3 Å². The van der Waals surface area contributed by atoms with Gasteiger partial charge in [0.05, 0.1) is 75.1 Å². The number of ether oxygens (including phenoxy) is 1. The van der Waals surface area contributed by atoms with E-state index < -0.39 is 107 Å². The summed E-state index contributed by atoms with van der Waals surface area (Å²) in [5, 5.41) is 11.6. The zero-order chi connectivity index (χ0) is 51.2. The maximum absolute atomic E-state index is 15.2. The molecule has 2 atom stereocenters. The Morgan fingerprint density at radius 2 is 1.28 bits per heavy atom. The Labute approximate surface area is 426 Å². The predicted octanol–water partition coefficient (Wildman–Crippen LogP) is 7.13. The molecular weight excluding hydrogens is 1060 g/mol. The van der Waals surface area contributed by atoms with Crippen LogP contribution >= 0.6 is 36.4 Å². The molecule has 4 N–H and O–H groups in total. The van der Waals surface area contributed by atoms with Gasteiger partial charge in [0.1, 0.15) is 18.1 Å². The number of hydrogen-bond acceptors (Lipinski definition) is 16. The molecule has 2 aliphatic heterocycles. The fraction of sp³-hybridized carbons (Fsp3) is 0.341. The Morgan fingerprint density at radius 3 is 1.74 bits per heavy atom. The first kappa shape index (κ1) is 57.1. The molecule has 18 nitrogen and oxygen atoms in total. The Kier molecular flexibility index (Phi) is 17.2. The zero-order valence-corrected chi connectivity index (χ0v) is 42.5. The smallest absolute Gasteiger partial charge is 0.396 e. The van der Waals surface area contributed by atoms with Gasteiger partial charge in [0.15, 0.2) is 25.5 Å². The molecule has 0 spiro atoms. The maximum atomic E-state index is 15.2. The number of carbonyl (C=O) groups excluding carboxylic acids is 2. The maximum Gasteiger partial charge on any atom is 0.396 e. The molecular formula is C44H45Cl3F5N9O9S2. The van der Waals surface area contributed by atoms with Crippen molar-refractivity contribution in [1.29, 1.82) is 0 Å². The second kappa shape index (κ2) is 21.7. The van der Waals surface area contributed by atoms with Crippen LogP contribution in [0.2, 0.25) is 5.02 Å². The predicted molar refractivity (Wildman–Crippen MR) is 256 cm³/mol. The minimum absolute atomic E-state index is 0. The highest BCUT2D eigenvalue weighted by Crippen LogP contribution is 2.39. The van der Waals surface area contributed by atoms with Crippen LogP contribution in [0.5, 0.6) is 5.88 Å². The minimum Gasteiger partial charge on any atom is -0.475 e. The van der Waals surface area contributed by atoms with E-state index in [2.05, 4.69) is 25.3 Å². The first-order valence-electron chi connectivity index (χ1n) is 21.0. The molecule has 0 aliphatic carbocycles. The number of pyridine rings is 1. The fourth-order valence-corrected chi connectivity index (χ4v) is 10.4. The lowest BCUT2D eigenvalue weighted by atomic mass is 9.97. The number of fused-ring (bicyclic) bond motifs is 2. The summed E-state index contributed by atoms with van der Waals surface area (Å²) in [6.45, 7) is 9.13. The van der Waals surface area contributed by atoms with Crippen LogP contribution in [-0.4, -0.2) is 89.8 Å². The Hall–Kier alpha value is -5.83. The van der Waals surface area contributed by atoms with Gasteiger partial charge in [0, 0.05) is 22.7 Å². The number of halogens is 8. The SMILES string of the molecule is CC(C)Oc1ccc(CN2C(=O)[C@@H](N)CS(=O)(=O)c3cc(F)c(-c4nnc(C(C)(C)C)o4)cc32)cn1.Cl.Cl.N[C@H]1CS(=O)(=O)c2cc(F)c(-c3nc(CC(F)(F)F)no3)cc2N(Cc2ccc(Cl)cc2)C1=O. The summed E-state index contributed by atoms with van der Waals surface area (Å²) in [5.41, 5.74) is 11.6. The van der Waals surface area contributed by atoms with Crippen LogP contribution in [0.15, 0.2) is 85.6 Å². The van der Waals surface area contributed by atoms with E-state index in [-0.39, 0.29) is 77.6 Å². The molecule has 5 heterocycles. The number of nitrogens with zero attached hydrogens (tertiary/aromatic N) is 7. The highest BCUT2D eigenvalue weighted by Gasteiger charge is 2.40. The van der Waals surface area contributed by atoms with Crippen LogP contribution in [0.25, 0.3) is 22.9 Å². The average Bonchev–Trinajstić information content (AvgIpc) is 3.93. The van der Waals surface area contributed by atoms with E-state index in [1.165, 1.54) is 17.2 Å². The zero-order valence-electron chi connectivity index (χ0n) is 38.5. The number of anilines is 2. The first-order valence-corrected chi connectivity index (χ1v) is 24.6. The molecule has 0 bridgehead atoms. The summed E-state index contributed by atoms with van der Waals surface area (Å²) in [4.78, 5) is 35.5. The number of alkyl halides is 3. The lowest BCUT2D eigenvalue weighted by Crippen LogP contribution is -2.45. The topological polar surface area (TPSA) is 261 Å². The van der Waals surface area contributed by atoms with Gasteiger partial charge in [-0.25, -0.2) is 30.6 Å². The van der Waals surface area contributed by atoms with Crippen LogP contribution in [0, 0.1) is 11.6 Å². The molecule has 3 aromatic carbocycles. The Morgan fingerprint density at radius 1 is 0.778 bits per heavy atom. The van der Waals surface area contributed by atoms with E-state index in [1.54, 1.807) is 36.4 Å². The number of rotatable bonds is 9. The summed E-state index contributed by atoms with van der Waals surface area (Å²) >= 11 is 5.88. The van der Waals surface area contributed by atoms with E-state index in [4.69, 9.17) is 36.7 Å². The molecule has 6 aromatic rings. The lowest BCUT2D eigenvalue weighted by Gasteiger charge is -2.24. The number of sulfone groups is 2. The first-order chi connectivity index (χ1) is 32.6. The van der Waals surface area contributed by atoms with E-state index in [0.717, 1.165) is 17.0 Å². The van der Waals surface area contributed by atoms with Crippen molar-refractivity contribution >= 4 is 79.3 Å². The van der Waals surface area contributed by atoms with Crippen molar-refractivity contribution in [2.45, 2.75) is 93.7 Å². The minimum atomic E-state index is -4.63. The second-order valence-electron chi connectivity index (χ2n) is 17.5. The third-order valence-electron chi connectivity index (χ3n) is 10.4. The van der Waals surface area contributed by atoms with Gasteiger partial charge in [-0.3, -0.25) is 9.59 Å². The molecule has 2 aliphatic rings. The third-order valence-corrected chi connectivity index (χ3v) is 14.3. The summed E-state index contributed by atoms with van der Waals surface area (Å²) < 4.78 is 136. The Bertz CT molecular complexity index is 3190. The van der Waals surface area contributed by atoms with Crippen molar-refractivity contribution < 1.29 is 62.1 Å². The van der Waals surface area contributed by atoms with Gasteiger partial charge in [0.2, 0.25) is 23.6 Å². The third kappa shape index (κ3) is 12.8. The fourth-order valence-electron chi connectivity index (χ4n) is 7.11. The van der Waals surface area contributed by atoms with Crippen LogP contribution in [0.3, 0.4) is 0 Å². The molecule has 8 rings (SSSR count). The molecule has 0 saturated carbocycles. The molecule has 72 heavy (non-hydrogen) atoms. The van der Waals surface area contributed by atoms with Gasteiger partial charge >= 0.3 is 6.18 Å².